The summed E-state index contributed by atoms with van der Waals surface area (Å²) in [6.07, 6.45) is 0. The maximum absolute atomic E-state index is 5.20. The number of rotatable bonds is 2. The van der Waals surface area contributed by atoms with Crippen molar-refractivity contribution in [2.24, 2.45) is 0 Å². The summed E-state index contributed by atoms with van der Waals surface area (Å²) in [6, 6.07) is 8.24. The molecule has 3 nitrogen and oxygen atoms in total. The first kappa shape index (κ1) is 15.4. The van der Waals surface area contributed by atoms with Crippen molar-refractivity contribution in [2.45, 2.75) is 0 Å². The van der Waals surface area contributed by atoms with Crippen LogP contribution >= 0.6 is 24.8 Å². The van der Waals surface area contributed by atoms with E-state index in [9.17, 15) is 0 Å². The zero-order valence-electron chi connectivity index (χ0n) is 9.31. The van der Waals surface area contributed by atoms with Crippen LogP contribution in [0, 0.1) is 0 Å². The summed E-state index contributed by atoms with van der Waals surface area (Å²) in [5, 5.41) is 3.34. The fourth-order valence-electron chi connectivity index (χ4n) is 1.73. The summed E-state index contributed by atoms with van der Waals surface area (Å²) < 4.78 is 5.20. The normalized spacial score (nSPS) is 14.7. The molecule has 1 heterocycles. The second-order valence-electron chi connectivity index (χ2n) is 3.44. The van der Waals surface area contributed by atoms with E-state index >= 15 is 0 Å². The predicted octanol–water partition coefficient (Wildman–Crippen LogP) is 1.95. The van der Waals surface area contributed by atoms with Crippen molar-refractivity contribution in [3.63, 3.8) is 0 Å². The lowest BCUT2D eigenvalue weighted by Crippen LogP contribution is -2.43. The molecule has 0 spiro atoms. The topological polar surface area (TPSA) is 24.5 Å². The van der Waals surface area contributed by atoms with Crippen LogP contribution in [0.1, 0.15) is 0 Å². The van der Waals surface area contributed by atoms with Gasteiger partial charge in [0.15, 0.2) is 0 Å². The first-order chi connectivity index (χ1) is 6.90. The highest BCUT2D eigenvalue weighted by atomic mass is 35.5. The molecule has 1 aliphatic heterocycles. The molecule has 5 heteroatoms. The first-order valence-corrected chi connectivity index (χ1v) is 5.00. The van der Waals surface area contributed by atoms with E-state index in [1.807, 2.05) is 12.1 Å². The van der Waals surface area contributed by atoms with E-state index in [2.05, 4.69) is 22.3 Å². The summed E-state index contributed by atoms with van der Waals surface area (Å²) in [5.41, 5.74) is 1.26. The molecule has 0 aliphatic carbocycles. The zero-order valence-corrected chi connectivity index (χ0v) is 10.9. The summed E-state index contributed by atoms with van der Waals surface area (Å²) >= 11 is 0. The van der Waals surface area contributed by atoms with Gasteiger partial charge in [0.25, 0.3) is 0 Å². The van der Waals surface area contributed by atoms with Gasteiger partial charge in [-0.1, -0.05) is 6.07 Å². The maximum Gasteiger partial charge on any atom is 0.120 e. The Kier molecular flexibility index (Phi) is 7.30. The van der Waals surface area contributed by atoms with E-state index in [0.717, 1.165) is 31.9 Å². The summed E-state index contributed by atoms with van der Waals surface area (Å²) in [6.45, 7) is 4.29. The second-order valence-corrected chi connectivity index (χ2v) is 3.44. The third kappa shape index (κ3) is 3.74. The summed E-state index contributed by atoms with van der Waals surface area (Å²) in [5.74, 6) is 0.932. The van der Waals surface area contributed by atoms with Crippen molar-refractivity contribution in [1.29, 1.82) is 0 Å². The first-order valence-electron chi connectivity index (χ1n) is 5.00. The molecule has 0 aromatic heterocycles. The predicted molar refractivity (Wildman–Crippen MR) is 72.6 cm³/mol. The SMILES string of the molecule is COc1cccc(N2CCNCC2)c1.Cl.Cl. The minimum absolute atomic E-state index is 0. The third-order valence-electron chi connectivity index (χ3n) is 2.54. The molecular weight excluding hydrogens is 247 g/mol. The highest BCUT2D eigenvalue weighted by Gasteiger charge is 2.10. The Morgan fingerprint density at radius 2 is 1.88 bits per heavy atom. The number of benzene rings is 1. The van der Waals surface area contributed by atoms with E-state index in [0.29, 0.717) is 0 Å². The number of nitrogens with zero attached hydrogens (tertiary/aromatic N) is 1. The molecule has 0 bridgehead atoms. The van der Waals surface area contributed by atoms with Crippen molar-refractivity contribution in [3.8, 4) is 5.75 Å². The van der Waals surface area contributed by atoms with Crippen LogP contribution in [0.3, 0.4) is 0 Å². The van der Waals surface area contributed by atoms with Gasteiger partial charge in [-0.25, -0.2) is 0 Å². The van der Waals surface area contributed by atoms with Gasteiger partial charge in [-0.3, -0.25) is 0 Å². The van der Waals surface area contributed by atoms with Gasteiger partial charge in [0.1, 0.15) is 5.75 Å². The molecule has 1 N–H and O–H groups in total. The van der Waals surface area contributed by atoms with Gasteiger partial charge in [-0.2, -0.15) is 0 Å². The third-order valence-corrected chi connectivity index (χ3v) is 2.54. The van der Waals surface area contributed by atoms with Crippen molar-refractivity contribution in [1.82, 2.24) is 5.32 Å². The van der Waals surface area contributed by atoms with Crippen LogP contribution in [0.15, 0.2) is 24.3 Å². The number of methoxy groups -OCH3 is 1. The van der Waals surface area contributed by atoms with Gasteiger partial charge in [0, 0.05) is 37.9 Å². The molecule has 1 aliphatic rings. The van der Waals surface area contributed by atoms with Crippen LogP contribution < -0.4 is 15.0 Å². The van der Waals surface area contributed by atoms with Crippen LogP contribution in [0.25, 0.3) is 0 Å². The average Bonchev–Trinajstić information content (AvgIpc) is 2.30. The fourth-order valence-corrected chi connectivity index (χ4v) is 1.73. The summed E-state index contributed by atoms with van der Waals surface area (Å²) in [7, 11) is 1.71. The Morgan fingerprint density at radius 3 is 2.50 bits per heavy atom. The lowest BCUT2D eigenvalue weighted by molar-refractivity contribution is 0.414. The monoisotopic (exact) mass is 264 g/mol. The maximum atomic E-state index is 5.20. The Hall–Kier alpha value is -0.640. The lowest BCUT2D eigenvalue weighted by atomic mass is 10.2. The van der Waals surface area contributed by atoms with Gasteiger partial charge < -0.3 is 15.0 Å². The van der Waals surface area contributed by atoms with Gasteiger partial charge in [-0.05, 0) is 12.1 Å². The molecular formula is C11H18Cl2N2O. The number of hydrogen-bond acceptors (Lipinski definition) is 3. The Morgan fingerprint density at radius 1 is 1.19 bits per heavy atom. The van der Waals surface area contributed by atoms with E-state index in [1.54, 1.807) is 7.11 Å². The van der Waals surface area contributed by atoms with E-state index in [4.69, 9.17) is 4.74 Å². The highest BCUT2D eigenvalue weighted by Crippen LogP contribution is 2.20. The van der Waals surface area contributed by atoms with Crippen LogP contribution in [-0.4, -0.2) is 33.3 Å². The molecule has 16 heavy (non-hydrogen) atoms. The average molecular weight is 265 g/mol. The van der Waals surface area contributed by atoms with Crippen molar-refractivity contribution in [2.75, 3.05) is 38.2 Å². The van der Waals surface area contributed by atoms with E-state index in [-0.39, 0.29) is 24.8 Å². The molecule has 0 unspecified atom stereocenters. The number of ether oxygens (including phenoxy) is 1. The smallest absolute Gasteiger partial charge is 0.120 e. The number of piperazine rings is 1. The standard InChI is InChI=1S/C11H16N2O.2ClH/c1-14-11-4-2-3-10(9-11)13-7-5-12-6-8-13;;/h2-4,9,12H,5-8H2,1H3;2*1H. The van der Waals surface area contributed by atoms with E-state index < -0.39 is 0 Å². The number of hydrogen-bond donors (Lipinski definition) is 1. The van der Waals surface area contributed by atoms with Crippen LogP contribution in [0.4, 0.5) is 5.69 Å². The minimum Gasteiger partial charge on any atom is -0.497 e. The molecule has 92 valence electrons. The number of nitrogens with one attached hydrogen (secondary N) is 1. The Labute approximate surface area is 109 Å². The Bertz CT molecular complexity index is 304. The van der Waals surface area contributed by atoms with Crippen molar-refractivity contribution < 1.29 is 4.74 Å². The van der Waals surface area contributed by atoms with Gasteiger partial charge in [0.05, 0.1) is 7.11 Å². The molecule has 0 amide bonds. The van der Waals surface area contributed by atoms with Crippen LogP contribution in [0.5, 0.6) is 5.75 Å². The fraction of sp³-hybridized carbons (Fsp3) is 0.455. The number of halogens is 2. The molecule has 1 aromatic carbocycles. The Balaban J connectivity index is 0.00000112. The van der Waals surface area contributed by atoms with Crippen molar-refractivity contribution >= 4 is 30.5 Å². The molecule has 0 atom stereocenters. The van der Waals surface area contributed by atoms with Gasteiger partial charge in [0.2, 0.25) is 0 Å². The zero-order chi connectivity index (χ0) is 9.80. The largest absolute Gasteiger partial charge is 0.497 e. The van der Waals surface area contributed by atoms with Gasteiger partial charge >= 0.3 is 0 Å². The number of anilines is 1. The van der Waals surface area contributed by atoms with Crippen LogP contribution in [-0.2, 0) is 0 Å². The molecule has 0 saturated carbocycles. The summed E-state index contributed by atoms with van der Waals surface area (Å²) in [4.78, 5) is 2.37. The molecule has 2 rings (SSSR count). The molecule has 1 saturated heterocycles. The highest BCUT2D eigenvalue weighted by molar-refractivity contribution is 5.85. The lowest BCUT2D eigenvalue weighted by Gasteiger charge is -2.29. The van der Waals surface area contributed by atoms with Gasteiger partial charge in [-0.15, -0.1) is 24.8 Å². The molecule has 0 radical (unpaired) electrons. The quantitative estimate of drug-likeness (QED) is 0.884. The second kappa shape index (κ2) is 7.60. The van der Waals surface area contributed by atoms with Crippen LogP contribution in [0.2, 0.25) is 0 Å². The van der Waals surface area contributed by atoms with Crippen molar-refractivity contribution in [3.05, 3.63) is 24.3 Å². The van der Waals surface area contributed by atoms with E-state index in [1.165, 1.54) is 5.69 Å². The minimum atomic E-state index is 0. The molecule has 1 fully saturated rings. The molecule has 1 aromatic rings.